The van der Waals surface area contributed by atoms with E-state index < -0.39 is 0 Å². The Bertz CT molecular complexity index is 959. The lowest BCUT2D eigenvalue weighted by molar-refractivity contribution is 0.643. The van der Waals surface area contributed by atoms with E-state index in [1.807, 2.05) is 31.4 Å². The monoisotopic (exact) mass is 316 g/mol. The van der Waals surface area contributed by atoms with Gasteiger partial charge in [-0.05, 0) is 20.8 Å². The van der Waals surface area contributed by atoms with Gasteiger partial charge in [0.25, 0.3) is 5.56 Å². The molecule has 0 radical (unpaired) electrons. The molecule has 1 aliphatic rings. The van der Waals surface area contributed by atoms with Crippen LogP contribution in [-0.4, -0.2) is 31.4 Å². The summed E-state index contributed by atoms with van der Waals surface area (Å²) in [5, 5.41) is 6.05. The summed E-state index contributed by atoms with van der Waals surface area (Å²) < 4.78 is 4.50. The first kappa shape index (κ1) is 15.3. The van der Waals surface area contributed by atoms with Crippen LogP contribution >= 0.6 is 0 Å². The average molecular weight is 316 g/mol. The van der Waals surface area contributed by atoms with Gasteiger partial charge in [-0.1, -0.05) is 12.2 Å². The Morgan fingerprint density at radius 1 is 1.26 bits per heavy atom. The summed E-state index contributed by atoms with van der Waals surface area (Å²) in [5.41, 5.74) is 1.00. The van der Waals surface area contributed by atoms with Crippen LogP contribution in [0.25, 0.3) is 11.2 Å². The third-order valence-corrected chi connectivity index (χ3v) is 4.27. The number of hydrogen-bond acceptors (Lipinski definition) is 5. The van der Waals surface area contributed by atoms with Crippen LogP contribution in [-0.2, 0) is 13.6 Å². The number of hydrazone groups is 1. The molecular formula is C15H20N6O2. The van der Waals surface area contributed by atoms with Crippen LogP contribution in [0.15, 0.2) is 26.8 Å². The maximum absolute atomic E-state index is 12.9. The van der Waals surface area contributed by atoms with Crippen LogP contribution in [0.3, 0.4) is 0 Å². The Labute approximate surface area is 133 Å². The molecule has 8 nitrogen and oxygen atoms in total. The van der Waals surface area contributed by atoms with Crippen LogP contribution in [0, 0.1) is 0 Å². The number of imidazole rings is 1. The van der Waals surface area contributed by atoms with Crippen molar-refractivity contribution in [3.05, 3.63) is 33.0 Å². The van der Waals surface area contributed by atoms with Crippen LogP contribution in [0.2, 0.25) is 0 Å². The summed E-state index contributed by atoms with van der Waals surface area (Å²) in [6.07, 6.45) is 3.60. The van der Waals surface area contributed by atoms with Crippen LogP contribution in [0.1, 0.15) is 26.8 Å². The Morgan fingerprint density at radius 2 is 1.96 bits per heavy atom. The molecule has 0 aromatic carbocycles. The minimum Gasteiger partial charge on any atom is -0.294 e. The molecule has 0 unspecified atom stereocenters. The molecular weight excluding hydrogens is 296 g/mol. The van der Waals surface area contributed by atoms with Gasteiger partial charge in [-0.25, -0.2) is 9.80 Å². The number of nitrogens with zero attached hydrogens (tertiary/aromatic N) is 6. The quantitative estimate of drug-likeness (QED) is 0.770. The van der Waals surface area contributed by atoms with Gasteiger partial charge in [0.1, 0.15) is 0 Å². The summed E-state index contributed by atoms with van der Waals surface area (Å²) in [4.78, 5) is 29.8. The molecule has 0 bridgehead atoms. The van der Waals surface area contributed by atoms with E-state index in [4.69, 9.17) is 0 Å². The zero-order valence-electron chi connectivity index (χ0n) is 13.9. The minimum absolute atomic E-state index is 0.0911. The largest absolute Gasteiger partial charge is 0.332 e. The molecule has 2 aromatic heterocycles. The van der Waals surface area contributed by atoms with Crippen LogP contribution in [0.4, 0.5) is 5.95 Å². The predicted octanol–water partition coefficient (Wildman–Crippen LogP) is 0.859. The van der Waals surface area contributed by atoms with E-state index in [1.54, 1.807) is 25.2 Å². The SMILES string of the molecule is C/C=C/Cn1c(=O)c2c(nc3n2[C@@H](C)C(C)=NN3C)n(C)c1=O. The molecule has 1 aliphatic heterocycles. The highest BCUT2D eigenvalue weighted by Crippen LogP contribution is 2.28. The average Bonchev–Trinajstić information content (AvgIpc) is 2.92. The minimum atomic E-state index is -0.371. The van der Waals surface area contributed by atoms with Gasteiger partial charge in [-0.2, -0.15) is 10.1 Å². The molecule has 23 heavy (non-hydrogen) atoms. The van der Waals surface area contributed by atoms with Crippen molar-refractivity contribution in [3.63, 3.8) is 0 Å². The van der Waals surface area contributed by atoms with Crippen molar-refractivity contribution < 1.29 is 0 Å². The van der Waals surface area contributed by atoms with Gasteiger partial charge in [0.2, 0.25) is 5.95 Å². The highest BCUT2D eigenvalue weighted by atomic mass is 16.2. The Morgan fingerprint density at radius 3 is 2.61 bits per heavy atom. The van der Waals surface area contributed by atoms with Crippen molar-refractivity contribution in [2.24, 2.45) is 12.1 Å². The molecule has 122 valence electrons. The number of allylic oxidation sites excluding steroid dienone is 2. The lowest BCUT2D eigenvalue weighted by atomic mass is 10.2. The number of rotatable bonds is 2. The first-order valence-electron chi connectivity index (χ1n) is 7.50. The molecule has 0 N–H and O–H groups in total. The van der Waals surface area contributed by atoms with Crippen molar-refractivity contribution in [1.82, 2.24) is 18.7 Å². The second-order valence-corrected chi connectivity index (χ2v) is 5.72. The molecule has 2 aromatic rings. The van der Waals surface area contributed by atoms with Crippen molar-refractivity contribution >= 4 is 22.8 Å². The van der Waals surface area contributed by atoms with Gasteiger partial charge in [-0.15, -0.1) is 0 Å². The summed E-state index contributed by atoms with van der Waals surface area (Å²) in [5.74, 6) is 0.564. The van der Waals surface area contributed by atoms with E-state index in [-0.39, 0.29) is 23.8 Å². The molecule has 0 spiro atoms. The fourth-order valence-corrected chi connectivity index (χ4v) is 2.85. The zero-order valence-corrected chi connectivity index (χ0v) is 13.9. The summed E-state index contributed by atoms with van der Waals surface area (Å²) in [6.45, 7) is 5.98. The Hall–Kier alpha value is -2.64. The first-order valence-corrected chi connectivity index (χ1v) is 7.50. The highest BCUT2D eigenvalue weighted by molar-refractivity contribution is 5.90. The maximum Gasteiger partial charge on any atom is 0.332 e. The number of aromatic nitrogens is 4. The summed E-state index contributed by atoms with van der Waals surface area (Å²) in [7, 11) is 3.41. The van der Waals surface area contributed by atoms with Crippen molar-refractivity contribution in [3.8, 4) is 0 Å². The van der Waals surface area contributed by atoms with Gasteiger partial charge in [0.05, 0.1) is 11.8 Å². The van der Waals surface area contributed by atoms with Crippen molar-refractivity contribution in [1.29, 1.82) is 0 Å². The second kappa shape index (κ2) is 5.22. The molecule has 1 atom stereocenters. The topological polar surface area (TPSA) is 77.4 Å². The van der Waals surface area contributed by atoms with Gasteiger partial charge in [0.15, 0.2) is 11.2 Å². The molecule has 0 aliphatic carbocycles. The molecule has 8 heteroatoms. The van der Waals surface area contributed by atoms with Gasteiger partial charge in [0, 0.05) is 20.6 Å². The third-order valence-electron chi connectivity index (χ3n) is 4.27. The third kappa shape index (κ3) is 2.05. The number of hydrogen-bond donors (Lipinski definition) is 0. The van der Waals surface area contributed by atoms with Crippen molar-refractivity contribution in [2.75, 3.05) is 12.1 Å². The molecule has 0 saturated carbocycles. The van der Waals surface area contributed by atoms with E-state index >= 15 is 0 Å². The van der Waals surface area contributed by atoms with Gasteiger partial charge >= 0.3 is 5.69 Å². The van der Waals surface area contributed by atoms with Gasteiger partial charge < -0.3 is 0 Å². The summed E-state index contributed by atoms with van der Waals surface area (Å²) in [6, 6.07) is -0.0911. The summed E-state index contributed by atoms with van der Waals surface area (Å²) >= 11 is 0. The Kier molecular flexibility index (Phi) is 3.46. The molecule has 0 amide bonds. The lowest BCUT2D eigenvalue weighted by Gasteiger charge is -2.26. The smallest absolute Gasteiger partial charge is 0.294 e. The van der Waals surface area contributed by atoms with Gasteiger partial charge in [-0.3, -0.25) is 18.5 Å². The van der Waals surface area contributed by atoms with Crippen molar-refractivity contribution in [2.45, 2.75) is 33.4 Å². The van der Waals surface area contributed by atoms with E-state index in [0.717, 1.165) is 5.71 Å². The second-order valence-electron chi connectivity index (χ2n) is 5.72. The zero-order chi connectivity index (χ0) is 16.9. The van der Waals surface area contributed by atoms with E-state index in [1.165, 1.54) is 9.13 Å². The first-order chi connectivity index (χ1) is 10.9. The fraction of sp³-hybridized carbons (Fsp3) is 0.467. The number of fused-ring (bicyclic) bond motifs is 3. The standard InChI is InChI=1S/C15H20N6O2/c1-6-7-8-20-13(22)11-12(18(4)15(20)23)16-14-19(5)17-9(2)10(3)21(11)14/h6-7,10H,8H2,1-5H3/b7-6+/t10-/m0/s1. The maximum atomic E-state index is 12.9. The predicted molar refractivity (Wildman–Crippen MR) is 90.3 cm³/mol. The Balaban J connectivity index is 2.44. The molecule has 3 rings (SSSR count). The fourth-order valence-electron chi connectivity index (χ4n) is 2.85. The van der Waals surface area contributed by atoms with E-state index in [9.17, 15) is 9.59 Å². The van der Waals surface area contributed by atoms with E-state index in [2.05, 4.69) is 10.1 Å². The van der Waals surface area contributed by atoms with Crippen LogP contribution in [0.5, 0.6) is 0 Å². The molecule has 3 heterocycles. The highest BCUT2D eigenvalue weighted by Gasteiger charge is 2.28. The van der Waals surface area contributed by atoms with E-state index in [0.29, 0.717) is 17.1 Å². The number of aryl methyl sites for hydroxylation is 1. The molecule has 0 saturated heterocycles. The van der Waals surface area contributed by atoms with Crippen LogP contribution < -0.4 is 16.3 Å². The normalized spacial score (nSPS) is 17.9. The number of anilines is 1. The lowest BCUT2D eigenvalue weighted by Crippen LogP contribution is -2.40. The molecule has 0 fully saturated rings.